The molecule has 1 amide bonds. The number of amides is 1. The van der Waals surface area contributed by atoms with E-state index in [0.29, 0.717) is 6.92 Å². The molecule has 2 N–H and O–H groups in total. The van der Waals surface area contributed by atoms with E-state index in [2.05, 4.69) is 0 Å². The van der Waals surface area contributed by atoms with Crippen LogP contribution in [0.5, 0.6) is 0 Å². The summed E-state index contributed by atoms with van der Waals surface area (Å²) in [5, 5.41) is 11.1. The Morgan fingerprint density at radius 2 is 1.71 bits per heavy atom. The van der Waals surface area contributed by atoms with Crippen LogP contribution < -0.4 is 9.62 Å². The van der Waals surface area contributed by atoms with E-state index in [9.17, 15) is 31.5 Å². The van der Waals surface area contributed by atoms with Gasteiger partial charge in [0, 0.05) is 7.05 Å². The SMILES string of the molecule is CN(c1ccc(NC(=O)[C@](C)(O)C(F)(F)F)c(Cl)c1)S(=O)(=O)c1ccccc1. The van der Waals surface area contributed by atoms with Gasteiger partial charge in [-0.25, -0.2) is 8.42 Å². The zero-order valence-corrected chi connectivity index (χ0v) is 16.2. The molecule has 0 unspecified atom stereocenters. The summed E-state index contributed by atoms with van der Waals surface area (Å²) in [4.78, 5) is 11.8. The fraction of sp³-hybridized carbons (Fsp3) is 0.235. The van der Waals surface area contributed by atoms with Crippen LogP contribution in [0.15, 0.2) is 53.4 Å². The molecule has 2 rings (SSSR count). The van der Waals surface area contributed by atoms with E-state index in [4.69, 9.17) is 11.6 Å². The lowest BCUT2D eigenvalue weighted by molar-refractivity contribution is -0.242. The first-order valence-electron chi connectivity index (χ1n) is 7.72. The maximum atomic E-state index is 12.7. The lowest BCUT2D eigenvalue weighted by Gasteiger charge is -2.25. The second-order valence-corrected chi connectivity index (χ2v) is 8.35. The summed E-state index contributed by atoms with van der Waals surface area (Å²) >= 11 is 5.98. The summed E-state index contributed by atoms with van der Waals surface area (Å²) < 4.78 is 64.3. The first-order chi connectivity index (χ1) is 12.8. The van der Waals surface area contributed by atoms with Crippen LogP contribution >= 0.6 is 11.6 Å². The number of rotatable bonds is 5. The van der Waals surface area contributed by atoms with Gasteiger partial charge in [-0.05, 0) is 37.3 Å². The number of sulfonamides is 1. The van der Waals surface area contributed by atoms with E-state index in [0.717, 1.165) is 10.4 Å². The molecule has 11 heteroatoms. The van der Waals surface area contributed by atoms with Gasteiger partial charge >= 0.3 is 6.18 Å². The summed E-state index contributed by atoms with van der Waals surface area (Å²) in [5.74, 6) is -1.72. The lowest BCUT2D eigenvalue weighted by atomic mass is 10.1. The third kappa shape index (κ3) is 4.23. The molecule has 1 atom stereocenters. The van der Waals surface area contributed by atoms with Gasteiger partial charge < -0.3 is 10.4 Å². The highest BCUT2D eigenvalue weighted by molar-refractivity contribution is 7.92. The number of hydrogen-bond donors (Lipinski definition) is 2. The smallest absolute Gasteiger partial charge is 0.373 e. The van der Waals surface area contributed by atoms with Crippen molar-refractivity contribution in [1.82, 2.24) is 0 Å². The van der Waals surface area contributed by atoms with Crippen molar-refractivity contribution in [2.45, 2.75) is 23.6 Å². The van der Waals surface area contributed by atoms with E-state index in [1.807, 2.05) is 5.32 Å². The number of alkyl halides is 3. The molecule has 0 aliphatic rings. The van der Waals surface area contributed by atoms with Crippen LogP contribution in [0.3, 0.4) is 0 Å². The molecule has 2 aromatic carbocycles. The molecule has 0 radical (unpaired) electrons. The zero-order valence-electron chi connectivity index (χ0n) is 14.7. The maximum Gasteiger partial charge on any atom is 0.426 e. The Morgan fingerprint density at radius 1 is 1.14 bits per heavy atom. The highest BCUT2D eigenvalue weighted by Crippen LogP contribution is 2.34. The Hall–Kier alpha value is -2.30. The molecule has 6 nitrogen and oxygen atoms in total. The summed E-state index contributed by atoms with van der Waals surface area (Å²) in [5.41, 5.74) is -3.72. The normalized spacial score (nSPS) is 14.2. The monoisotopic (exact) mass is 436 g/mol. The van der Waals surface area contributed by atoms with Gasteiger partial charge in [-0.2, -0.15) is 13.2 Å². The fourth-order valence-electron chi connectivity index (χ4n) is 2.06. The van der Waals surface area contributed by atoms with Crippen LogP contribution in [0.1, 0.15) is 6.92 Å². The number of nitrogens with one attached hydrogen (secondary N) is 1. The highest BCUT2D eigenvalue weighted by Gasteiger charge is 2.55. The first kappa shape index (κ1) is 22.0. The number of hydrogen-bond acceptors (Lipinski definition) is 4. The third-order valence-electron chi connectivity index (χ3n) is 3.96. The minimum Gasteiger partial charge on any atom is -0.373 e. The second kappa shape index (κ2) is 7.61. The molecule has 0 aliphatic carbocycles. The largest absolute Gasteiger partial charge is 0.426 e. The Kier molecular flexibility index (Phi) is 5.98. The average molecular weight is 437 g/mol. The van der Waals surface area contributed by atoms with Gasteiger partial charge in [0.15, 0.2) is 0 Å². The lowest BCUT2D eigenvalue weighted by Crippen LogP contribution is -2.52. The predicted octanol–water partition coefficient (Wildman–Crippen LogP) is 3.42. The molecule has 0 aromatic heterocycles. The fourth-order valence-corrected chi connectivity index (χ4v) is 3.49. The van der Waals surface area contributed by atoms with Gasteiger partial charge in [-0.1, -0.05) is 29.8 Å². The summed E-state index contributed by atoms with van der Waals surface area (Å²) in [6, 6.07) is 11.1. The topological polar surface area (TPSA) is 86.7 Å². The van der Waals surface area contributed by atoms with E-state index in [1.165, 1.54) is 31.3 Å². The van der Waals surface area contributed by atoms with Crippen molar-refractivity contribution < 1.29 is 31.5 Å². The minimum absolute atomic E-state index is 0.0345. The van der Waals surface area contributed by atoms with Crippen LogP contribution in [-0.4, -0.2) is 38.3 Å². The second-order valence-electron chi connectivity index (χ2n) is 5.97. The van der Waals surface area contributed by atoms with Gasteiger partial charge in [0.05, 0.1) is 21.3 Å². The standard InChI is InChI=1S/C17H16ClF3N2O4S/c1-16(25,17(19,20)21)15(24)22-14-9-8-11(10-13(14)18)23(2)28(26,27)12-6-4-3-5-7-12/h3-10,25H,1-2H3,(H,22,24)/t16-/m0/s1. The molecule has 152 valence electrons. The first-order valence-corrected chi connectivity index (χ1v) is 9.54. The Labute approximate surface area is 164 Å². The van der Waals surface area contributed by atoms with Crippen molar-refractivity contribution in [1.29, 1.82) is 0 Å². The molecule has 0 aliphatic heterocycles. The van der Waals surface area contributed by atoms with Gasteiger partial charge in [0.1, 0.15) is 0 Å². The summed E-state index contributed by atoms with van der Waals surface area (Å²) in [7, 11) is -2.61. The van der Waals surface area contributed by atoms with Crippen molar-refractivity contribution in [3.63, 3.8) is 0 Å². The van der Waals surface area contributed by atoms with E-state index in [1.54, 1.807) is 18.2 Å². The van der Waals surface area contributed by atoms with Gasteiger partial charge in [-0.3, -0.25) is 9.10 Å². The number of halogens is 4. The number of carbonyl (C=O) groups excluding carboxylic acids is 1. The van der Waals surface area contributed by atoms with Crippen LogP contribution in [0.25, 0.3) is 0 Å². The van der Waals surface area contributed by atoms with Crippen molar-refractivity contribution in [3.8, 4) is 0 Å². The quantitative estimate of drug-likeness (QED) is 0.752. The Morgan fingerprint density at radius 3 is 2.21 bits per heavy atom. The third-order valence-corrected chi connectivity index (χ3v) is 6.07. The average Bonchev–Trinajstić information content (AvgIpc) is 2.62. The van der Waals surface area contributed by atoms with Gasteiger partial charge in [0.25, 0.3) is 15.9 Å². The summed E-state index contributed by atoms with van der Waals surface area (Å²) in [6.07, 6.45) is -5.19. The van der Waals surface area contributed by atoms with Gasteiger partial charge in [0.2, 0.25) is 5.60 Å². The summed E-state index contributed by atoms with van der Waals surface area (Å²) in [6.45, 7) is 0.310. The van der Waals surface area contributed by atoms with E-state index < -0.39 is 27.7 Å². The number of benzene rings is 2. The Balaban J connectivity index is 2.29. The molecule has 0 bridgehead atoms. The van der Waals surface area contributed by atoms with Crippen molar-refractivity contribution in [2.24, 2.45) is 0 Å². The van der Waals surface area contributed by atoms with Crippen molar-refractivity contribution in [3.05, 3.63) is 53.6 Å². The van der Waals surface area contributed by atoms with Crippen LogP contribution in [0.2, 0.25) is 5.02 Å². The molecule has 2 aromatic rings. The molecular formula is C17H16ClF3N2O4S. The van der Waals surface area contributed by atoms with Crippen molar-refractivity contribution >= 4 is 38.9 Å². The van der Waals surface area contributed by atoms with E-state index in [-0.39, 0.29) is 21.3 Å². The molecular weight excluding hydrogens is 421 g/mol. The van der Waals surface area contributed by atoms with Gasteiger partial charge in [-0.15, -0.1) is 0 Å². The number of nitrogens with zero attached hydrogens (tertiary/aromatic N) is 1. The predicted molar refractivity (Wildman–Crippen MR) is 98.8 cm³/mol. The molecule has 0 saturated heterocycles. The number of anilines is 2. The highest BCUT2D eigenvalue weighted by atomic mass is 35.5. The van der Waals surface area contributed by atoms with Crippen LogP contribution in [0, 0.1) is 0 Å². The molecule has 0 fully saturated rings. The van der Waals surface area contributed by atoms with Crippen molar-refractivity contribution in [2.75, 3.05) is 16.7 Å². The van der Waals surface area contributed by atoms with E-state index >= 15 is 0 Å². The van der Waals surface area contributed by atoms with Crippen LogP contribution in [-0.2, 0) is 14.8 Å². The Bertz CT molecular complexity index is 980. The molecule has 28 heavy (non-hydrogen) atoms. The number of carbonyl (C=O) groups is 1. The molecule has 0 saturated carbocycles. The number of aliphatic hydroxyl groups is 1. The molecule has 0 spiro atoms. The minimum atomic E-state index is -5.19. The zero-order chi connectivity index (χ0) is 21.3. The maximum absolute atomic E-state index is 12.7. The molecule has 0 heterocycles. The van der Waals surface area contributed by atoms with Crippen LogP contribution in [0.4, 0.5) is 24.5 Å².